The Morgan fingerprint density at radius 1 is 1.03 bits per heavy atom. The normalized spacial score (nSPS) is 13.8. The highest BCUT2D eigenvalue weighted by Gasteiger charge is 2.23. The molecular weight excluding hydrogens is 414 g/mol. The Hall–Kier alpha value is -3.00. The molecule has 1 heterocycles. The largest absolute Gasteiger partial charge is 0.489 e. The van der Waals surface area contributed by atoms with Crippen molar-refractivity contribution in [3.05, 3.63) is 65.2 Å². The summed E-state index contributed by atoms with van der Waals surface area (Å²) in [5, 5.41) is -0.121. The van der Waals surface area contributed by atoms with E-state index in [0.717, 1.165) is 11.3 Å². The average molecular weight is 442 g/mol. The summed E-state index contributed by atoms with van der Waals surface area (Å²) in [7, 11) is 0. The van der Waals surface area contributed by atoms with Crippen LogP contribution in [0, 0.1) is 0 Å². The van der Waals surface area contributed by atoms with Crippen LogP contribution in [0.2, 0.25) is 0 Å². The standard InChI is InChI=1S/C23H27N3O4S/c1-23(2,3)18-8-10-19(11-9-18)30-15-16-4-6-17(7-5-16)21(28)25-24-20(27)14-26-12-13-31-22(26)29/h4-11H,12-15H2,1-3H3,(H,24,27)(H,25,28). The number of carbonyl (C=O) groups excluding carboxylic acids is 3. The Labute approximate surface area is 186 Å². The number of nitrogens with one attached hydrogen (secondary N) is 2. The minimum atomic E-state index is -0.438. The molecule has 7 nitrogen and oxygen atoms in total. The van der Waals surface area contributed by atoms with Crippen LogP contribution in [0.5, 0.6) is 5.75 Å². The molecule has 8 heteroatoms. The van der Waals surface area contributed by atoms with Crippen molar-refractivity contribution in [2.24, 2.45) is 0 Å². The summed E-state index contributed by atoms with van der Waals surface area (Å²) in [6.07, 6.45) is 0. The van der Waals surface area contributed by atoms with Gasteiger partial charge in [-0.3, -0.25) is 25.2 Å². The third kappa shape index (κ3) is 6.49. The summed E-state index contributed by atoms with van der Waals surface area (Å²) in [5.74, 6) is 0.594. The smallest absolute Gasteiger partial charge is 0.282 e. The van der Waals surface area contributed by atoms with Gasteiger partial charge in [-0.1, -0.05) is 56.8 Å². The second-order valence-electron chi connectivity index (χ2n) is 8.30. The third-order valence-electron chi connectivity index (χ3n) is 4.84. The lowest BCUT2D eigenvalue weighted by atomic mass is 9.87. The molecule has 0 aliphatic carbocycles. The van der Waals surface area contributed by atoms with Crippen LogP contribution in [0.25, 0.3) is 0 Å². The Balaban J connectivity index is 1.45. The number of amides is 3. The molecule has 31 heavy (non-hydrogen) atoms. The predicted octanol–water partition coefficient (Wildman–Crippen LogP) is 3.49. The highest BCUT2D eigenvalue weighted by atomic mass is 32.2. The summed E-state index contributed by atoms with van der Waals surface area (Å²) >= 11 is 1.18. The first kappa shape index (κ1) is 22.7. The summed E-state index contributed by atoms with van der Waals surface area (Å²) in [6.45, 7) is 7.35. The zero-order valence-electron chi connectivity index (χ0n) is 17.9. The number of rotatable bonds is 6. The van der Waals surface area contributed by atoms with Crippen LogP contribution in [-0.4, -0.2) is 40.8 Å². The molecule has 1 aliphatic rings. The molecule has 0 unspecified atom stereocenters. The lowest BCUT2D eigenvalue weighted by Crippen LogP contribution is -2.46. The number of hydrogen-bond donors (Lipinski definition) is 2. The zero-order chi connectivity index (χ0) is 22.4. The van der Waals surface area contributed by atoms with Crippen LogP contribution in [0.3, 0.4) is 0 Å². The molecule has 164 valence electrons. The van der Waals surface area contributed by atoms with E-state index in [-0.39, 0.29) is 17.2 Å². The van der Waals surface area contributed by atoms with Crippen molar-refractivity contribution in [2.45, 2.75) is 32.8 Å². The van der Waals surface area contributed by atoms with E-state index < -0.39 is 11.8 Å². The molecule has 3 rings (SSSR count). The van der Waals surface area contributed by atoms with E-state index in [1.165, 1.54) is 22.2 Å². The number of thioether (sulfide) groups is 1. The van der Waals surface area contributed by atoms with Crippen molar-refractivity contribution in [1.82, 2.24) is 15.8 Å². The van der Waals surface area contributed by atoms with Crippen LogP contribution < -0.4 is 15.6 Å². The molecule has 1 fully saturated rings. The molecule has 0 aromatic heterocycles. The molecule has 0 spiro atoms. The predicted molar refractivity (Wildman–Crippen MR) is 121 cm³/mol. The van der Waals surface area contributed by atoms with Gasteiger partial charge in [0.1, 0.15) is 18.9 Å². The van der Waals surface area contributed by atoms with Gasteiger partial charge >= 0.3 is 0 Å². The summed E-state index contributed by atoms with van der Waals surface area (Å²) in [4.78, 5) is 37.1. The molecule has 2 aromatic rings. The first-order valence-corrected chi connectivity index (χ1v) is 11.0. The van der Waals surface area contributed by atoms with Crippen molar-refractivity contribution >= 4 is 28.8 Å². The van der Waals surface area contributed by atoms with E-state index in [1.54, 1.807) is 24.3 Å². The maximum Gasteiger partial charge on any atom is 0.282 e. The highest BCUT2D eigenvalue weighted by molar-refractivity contribution is 8.13. The van der Waals surface area contributed by atoms with E-state index in [2.05, 4.69) is 43.8 Å². The number of hydrazine groups is 1. The van der Waals surface area contributed by atoms with E-state index in [1.807, 2.05) is 12.1 Å². The molecule has 3 amide bonds. The second kappa shape index (κ2) is 9.87. The van der Waals surface area contributed by atoms with Gasteiger partial charge < -0.3 is 9.64 Å². The summed E-state index contributed by atoms with van der Waals surface area (Å²) in [6, 6.07) is 15.0. The number of nitrogens with zero attached hydrogens (tertiary/aromatic N) is 1. The van der Waals surface area contributed by atoms with E-state index in [9.17, 15) is 14.4 Å². The van der Waals surface area contributed by atoms with Gasteiger partial charge in [-0.15, -0.1) is 0 Å². The lowest BCUT2D eigenvalue weighted by molar-refractivity contribution is -0.122. The topological polar surface area (TPSA) is 87.7 Å². The zero-order valence-corrected chi connectivity index (χ0v) is 18.8. The molecule has 0 bridgehead atoms. The van der Waals surface area contributed by atoms with E-state index in [4.69, 9.17) is 4.74 Å². The van der Waals surface area contributed by atoms with E-state index in [0.29, 0.717) is 24.5 Å². The van der Waals surface area contributed by atoms with Crippen molar-refractivity contribution < 1.29 is 19.1 Å². The molecule has 2 N–H and O–H groups in total. The maximum absolute atomic E-state index is 12.2. The molecule has 1 aliphatic heterocycles. The van der Waals surface area contributed by atoms with Crippen molar-refractivity contribution in [2.75, 3.05) is 18.8 Å². The summed E-state index contributed by atoms with van der Waals surface area (Å²) < 4.78 is 5.82. The molecule has 0 saturated carbocycles. The van der Waals surface area contributed by atoms with Crippen LogP contribution in [-0.2, 0) is 16.8 Å². The van der Waals surface area contributed by atoms with Gasteiger partial charge in [0.15, 0.2) is 0 Å². The molecular formula is C23H27N3O4S. The summed E-state index contributed by atoms with van der Waals surface area (Å²) in [5.41, 5.74) is 7.38. The fourth-order valence-corrected chi connectivity index (χ4v) is 3.78. The van der Waals surface area contributed by atoms with Crippen LogP contribution in [0.4, 0.5) is 4.79 Å². The molecule has 0 atom stereocenters. The van der Waals surface area contributed by atoms with Gasteiger partial charge in [-0.2, -0.15) is 0 Å². The van der Waals surface area contributed by atoms with Crippen LogP contribution >= 0.6 is 11.8 Å². The Bertz CT molecular complexity index is 937. The van der Waals surface area contributed by atoms with E-state index >= 15 is 0 Å². The minimum absolute atomic E-state index is 0.0703. The molecule has 1 saturated heterocycles. The third-order valence-corrected chi connectivity index (χ3v) is 5.73. The Morgan fingerprint density at radius 3 is 2.29 bits per heavy atom. The quantitative estimate of drug-likeness (QED) is 0.670. The first-order valence-electron chi connectivity index (χ1n) is 10.1. The van der Waals surface area contributed by atoms with Gasteiger partial charge in [0, 0.05) is 17.9 Å². The average Bonchev–Trinajstić information content (AvgIpc) is 3.15. The number of hydrogen-bond acceptors (Lipinski definition) is 5. The Morgan fingerprint density at radius 2 is 1.71 bits per heavy atom. The number of benzene rings is 2. The Kier molecular flexibility index (Phi) is 7.22. The highest BCUT2D eigenvalue weighted by Crippen LogP contribution is 2.24. The first-order chi connectivity index (χ1) is 14.7. The maximum atomic E-state index is 12.2. The van der Waals surface area contributed by atoms with Gasteiger partial charge in [0.25, 0.3) is 17.1 Å². The van der Waals surface area contributed by atoms with Crippen molar-refractivity contribution in [3.63, 3.8) is 0 Å². The fraction of sp³-hybridized carbons (Fsp3) is 0.348. The SMILES string of the molecule is CC(C)(C)c1ccc(OCc2ccc(C(=O)NNC(=O)CN3CCSC3=O)cc2)cc1. The minimum Gasteiger partial charge on any atom is -0.489 e. The molecule has 0 radical (unpaired) electrons. The van der Waals surface area contributed by atoms with Gasteiger partial charge in [-0.25, -0.2) is 0 Å². The van der Waals surface area contributed by atoms with Gasteiger partial charge in [0.2, 0.25) is 0 Å². The van der Waals surface area contributed by atoms with Crippen LogP contribution in [0.1, 0.15) is 42.3 Å². The second-order valence-corrected chi connectivity index (χ2v) is 9.34. The fourth-order valence-electron chi connectivity index (χ4n) is 2.95. The van der Waals surface area contributed by atoms with Crippen LogP contribution in [0.15, 0.2) is 48.5 Å². The lowest BCUT2D eigenvalue weighted by Gasteiger charge is -2.19. The number of ether oxygens (including phenoxy) is 1. The van der Waals surface area contributed by atoms with Crippen molar-refractivity contribution in [3.8, 4) is 5.75 Å². The monoisotopic (exact) mass is 441 g/mol. The van der Waals surface area contributed by atoms with Gasteiger partial charge in [0.05, 0.1) is 0 Å². The number of carbonyl (C=O) groups is 3. The van der Waals surface area contributed by atoms with Crippen molar-refractivity contribution in [1.29, 1.82) is 0 Å². The molecule has 2 aromatic carbocycles. The van der Waals surface area contributed by atoms with Gasteiger partial charge in [-0.05, 0) is 40.8 Å².